The van der Waals surface area contributed by atoms with Gasteiger partial charge in [-0.05, 0) is 37.3 Å². The molecule has 0 saturated heterocycles. The molecule has 2 aliphatic rings. The Morgan fingerprint density at radius 1 is 1.00 bits per heavy atom. The average Bonchev–Trinajstić information content (AvgIpc) is 3.57. The molecule has 1 aliphatic heterocycles. The lowest BCUT2D eigenvalue weighted by molar-refractivity contribution is -0.132. The Labute approximate surface area is 202 Å². The van der Waals surface area contributed by atoms with Gasteiger partial charge in [-0.25, -0.2) is 0 Å². The minimum Gasteiger partial charge on any atom is -0.425 e. The Kier molecular flexibility index (Phi) is 8.35. The molecule has 0 bridgehead atoms. The van der Waals surface area contributed by atoms with Crippen LogP contribution < -0.4 is 4.90 Å². The molecular weight excluding hydrogens is 428 g/mol. The third-order valence-electron chi connectivity index (χ3n) is 6.78. The normalized spacial score (nSPS) is 18.1. The number of amides is 2. The van der Waals surface area contributed by atoms with Crippen molar-refractivity contribution in [2.45, 2.75) is 90.5 Å². The summed E-state index contributed by atoms with van der Waals surface area (Å²) in [5.41, 5.74) is 2.01. The van der Waals surface area contributed by atoms with Gasteiger partial charge in [0.25, 0.3) is 0 Å². The molecule has 34 heavy (non-hydrogen) atoms. The van der Waals surface area contributed by atoms with E-state index in [-0.39, 0.29) is 23.7 Å². The van der Waals surface area contributed by atoms with E-state index in [1.165, 1.54) is 12.8 Å². The average molecular weight is 467 g/mol. The zero-order valence-electron chi connectivity index (χ0n) is 20.7. The van der Waals surface area contributed by atoms with Gasteiger partial charge in [0.05, 0.1) is 0 Å². The van der Waals surface area contributed by atoms with Gasteiger partial charge >= 0.3 is 0 Å². The fourth-order valence-corrected chi connectivity index (χ4v) is 4.56. The minimum atomic E-state index is 0.0917. The molecule has 0 N–H and O–H groups in total. The van der Waals surface area contributed by atoms with Gasteiger partial charge in [-0.1, -0.05) is 57.7 Å². The standard InChI is InChI=1S/C27H38N4O3/c1-20(2)26-29-28-24(34-26)15-16-25(32)30-17-9-5-3-4-6-10-18-31(27(33)21-13-14-21)23-12-8-7-11-22(23)19-30/h7-8,11-12,20-21H,3-6,9-10,13-19H2,1-2H3. The van der Waals surface area contributed by atoms with Crippen LogP contribution in [-0.4, -0.2) is 40.0 Å². The van der Waals surface area contributed by atoms with Crippen LogP contribution in [-0.2, 0) is 22.6 Å². The molecule has 1 saturated carbocycles. The molecular formula is C27H38N4O3. The fourth-order valence-electron chi connectivity index (χ4n) is 4.56. The van der Waals surface area contributed by atoms with Gasteiger partial charge in [0, 0.05) is 50.0 Å². The van der Waals surface area contributed by atoms with Crippen LogP contribution in [0.15, 0.2) is 28.7 Å². The summed E-state index contributed by atoms with van der Waals surface area (Å²) < 4.78 is 5.70. The van der Waals surface area contributed by atoms with Gasteiger partial charge in [-0.15, -0.1) is 10.2 Å². The van der Waals surface area contributed by atoms with E-state index in [0.717, 1.165) is 62.9 Å². The molecule has 2 heterocycles. The van der Waals surface area contributed by atoms with E-state index in [4.69, 9.17) is 4.42 Å². The second kappa shape index (κ2) is 11.6. The van der Waals surface area contributed by atoms with E-state index in [1.807, 2.05) is 41.8 Å². The molecule has 0 atom stereocenters. The summed E-state index contributed by atoms with van der Waals surface area (Å²) >= 11 is 0. The van der Waals surface area contributed by atoms with Crippen LogP contribution in [0.4, 0.5) is 5.69 Å². The van der Waals surface area contributed by atoms with Crippen molar-refractivity contribution >= 4 is 17.5 Å². The predicted molar refractivity (Wildman–Crippen MR) is 131 cm³/mol. The lowest BCUT2D eigenvalue weighted by Crippen LogP contribution is -2.36. The highest BCUT2D eigenvalue weighted by Crippen LogP contribution is 2.34. The number of aromatic nitrogens is 2. The summed E-state index contributed by atoms with van der Waals surface area (Å²) in [4.78, 5) is 30.4. The quantitative estimate of drug-likeness (QED) is 0.601. The van der Waals surface area contributed by atoms with Crippen molar-refractivity contribution < 1.29 is 14.0 Å². The van der Waals surface area contributed by atoms with E-state index >= 15 is 0 Å². The smallest absolute Gasteiger partial charge is 0.230 e. The maximum Gasteiger partial charge on any atom is 0.230 e. The van der Waals surface area contributed by atoms with Gasteiger partial charge < -0.3 is 14.2 Å². The van der Waals surface area contributed by atoms with Gasteiger partial charge in [0.1, 0.15) is 0 Å². The monoisotopic (exact) mass is 466 g/mol. The number of fused-ring (bicyclic) bond motifs is 1. The lowest BCUT2D eigenvalue weighted by atomic mass is 10.1. The summed E-state index contributed by atoms with van der Waals surface area (Å²) in [5, 5.41) is 8.18. The van der Waals surface area contributed by atoms with Crippen molar-refractivity contribution in [3.8, 4) is 0 Å². The molecule has 0 unspecified atom stereocenters. The van der Waals surface area contributed by atoms with E-state index in [2.05, 4.69) is 16.3 Å². The molecule has 2 aromatic rings. The zero-order chi connectivity index (χ0) is 23.9. The molecule has 0 spiro atoms. The van der Waals surface area contributed by atoms with Gasteiger partial charge in [0.2, 0.25) is 23.6 Å². The number of hydrogen-bond donors (Lipinski definition) is 0. The van der Waals surface area contributed by atoms with Crippen molar-refractivity contribution in [3.63, 3.8) is 0 Å². The van der Waals surface area contributed by atoms with Crippen molar-refractivity contribution in [3.05, 3.63) is 41.6 Å². The molecule has 2 amide bonds. The van der Waals surface area contributed by atoms with Gasteiger partial charge in [-0.3, -0.25) is 9.59 Å². The summed E-state index contributed by atoms with van der Waals surface area (Å²) in [5.74, 6) is 1.82. The number of rotatable bonds is 5. The first kappa shape index (κ1) is 24.4. The highest BCUT2D eigenvalue weighted by Gasteiger charge is 2.34. The topological polar surface area (TPSA) is 79.5 Å². The summed E-state index contributed by atoms with van der Waals surface area (Å²) in [6.45, 7) is 6.02. The minimum absolute atomic E-state index is 0.0917. The van der Waals surface area contributed by atoms with Crippen molar-refractivity contribution in [2.24, 2.45) is 5.92 Å². The SMILES string of the molecule is CC(C)c1nnc(CCC(=O)N2CCCCCCCCN(C(=O)C3CC3)c3ccccc3C2)o1. The first-order chi connectivity index (χ1) is 16.5. The highest BCUT2D eigenvalue weighted by atomic mass is 16.4. The van der Waals surface area contributed by atoms with Crippen LogP contribution in [0, 0.1) is 5.92 Å². The number of para-hydroxylation sites is 1. The third-order valence-corrected chi connectivity index (χ3v) is 6.78. The Bertz CT molecular complexity index is 966. The van der Waals surface area contributed by atoms with Crippen LogP contribution in [0.5, 0.6) is 0 Å². The second-order valence-electron chi connectivity index (χ2n) is 10.0. The molecule has 4 rings (SSSR count). The summed E-state index contributed by atoms with van der Waals surface area (Å²) in [7, 11) is 0. The number of benzene rings is 1. The fraction of sp³-hybridized carbons (Fsp3) is 0.630. The Hall–Kier alpha value is -2.70. The first-order valence-electron chi connectivity index (χ1n) is 13.0. The zero-order valence-corrected chi connectivity index (χ0v) is 20.7. The molecule has 1 aromatic carbocycles. The largest absolute Gasteiger partial charge is 0.425 e. The Morgan fingerprint density at radius 3 is 2.41 bits per heavy atom. The van der Waals surface area contributed by atoms with Gasteiger partial charge in [0.15, 0.2) is 0 Å². The molecule has 0 radical (unpaired) electrons. The third kappa shape index (κ3) is 6.45. The van der Waals surface area contributed by atoms with E-state index in [9.17, 15) is 9.59 Å². The molecule has 7 nitrogen and oxygen atoms in total. The number of anilines is 1. The van der Waals surface area contributed by atoms with Crippen LogP contribution in [0.2, 0.25) is 0 Å². The highest BCUT2D eigenvalue weighted by molar-refractivity contribution is 5.97. The number of carbonyl (C=O) groups excluding carboxylic acids is 2. The number of hydrogen-bond acceptors (Lipinski definition) is 5. The van der Waals surface area contributed by atoms with E-state index in [0.29, 0.717) is 31.2 Å². The molecule has 1 aliphatic carbocycles. The molecule has 7 heteroatoms. The van der Waals surface area contributed by atoms with Crippen LogP contribution >= 0.6 is 0 Å². The molecule has 184 valence electrons. The summed E-state index contributed by atoms with van der Waals surface area (Å²) in [6, 6.07) is 8.11. The van der Waals surface area contributed by atoms with Crippen LogP contribution in [0.1, 0.15) is 94.9 Å². The molecule has 1 fully saturated rings. The van der Waals surface area contributed by atoms with E-state index in [1.54, 1.807) is 0 Å². The predicted octanol–water partition coefficient (Wildman–Crippen LogP) is 5.25. The number of aryl methyl sites for hydroxylation is 1. The van der Waals surface area contributed by atoms with Crippen molar-refractivity contribution in [1.82, 2.24) is 15.1 Å². The molecule has 1 aromatic heterocycles. The maximum atomic E-state index is 13.3. The maximum absolute atomic E-state index is 13.3. The van der Waals surface area contributed by atoms with Gasteiger partial charge in [-0.2, -0.15) is 0 Å². The van der Waals surface area contributed by atoms with Crippen LogP contribution in [0.3, 0.4) is 0 Å². The lowest BCUT2D eigenvalue weighted by Gasteiger charge is -2.28. The van der Waals surface area contributed by atoms with E-state index < -0.39 is 0 Å². The Balaban J connectivity index is 1.51. The van der Waals surface area contributed by atoms with Crippen molar-refractivity contribution in [1.29, 1.82) is 0 Å². The first-order valence-corrected chi connectivity index (χ1v) is 13.0. The second-order valence-corrected chi connectivity index (χ2v) is 10.0. The Morgan fingerprint density at radius 2 is 1.71 bits per heavy atom. The van der Waals surface area contributed by atoms with Crippen molar-refractivity contribution in [2.75, 3.05) is 18.0 Å². The number of nitrogens with zero attached hydrogens (tertiary/aromatic N) is 4. The summed E-state index contributed by atoms with van der Waals surface area (Å²) in [6.07, 6.45) is 9.41. The van der Waals surface area contributed by atoms with Crippen LogP contribution in [0.25, 0.3) is 0 Å². The number of carbonyl (C=O) groups is 2.